The number of benzene rings is 3. The molecule has 10 heteroatoms. The van der Waals surface area contributed by atoms with Gasteiger partial charge in [0.05, 0.1) is 10.5 Å². The van der Waals surface area contributed by atoms with Gasteiger partial charge in [-0.25, -0.2) is 17.8 Å². The fourth-order valence-electron chi connectivity index (χ4n) is 2.89. The van der Waals surface area contributed by atoms with Gasteiger partial charge in [0.2, 0.25) is 0 Å². The van der Waals surface area contributed by atoms with E-state index in [-0.39, 0.29) is 22.5 Å². The van der Waals surface area contributed by atoms with Crippen LogP contribution in [-0.4, -0.2) is 19.3 Å². The topological polar surface area (TPSA) is 97.4 Å². The lowest BCUT2D eigenvalue weighted by Gasteiger charge is -2.12. The maximum absolute atomic E-state index is 13.1. The number of ether oxygens (including phenoxy) is 1. The number of rotatable bonds is 8. The zero-order chi connectivity index (χ0) is 23.3. The van der Waals surface area contributed by atoms with Crippen LogP contribution in [0.5, 0.6) is 5.75 Å². The van der Waals surface area contributed by atoms with Crippen LogP contribution in [0.2, 0.25) is 0 Å². The Labute approximate surface area is 193 Å². The van der Waals surface area contributed by atoms with E-state index in [1.807, 2.05) is 0 Å². The second-order valence-corrected chi connectivity index (χ2v) is 9.41. The van der Waals surface area contributed by atoms with Gasteiger partial charge in [-0.1, -0.05) is 24.3 Å². The summed E-state index contributed by atoms with van der Waals surface area (Å²) in [7, 11) is -3.78. The van der Waals surface area contributed by atoms with E-state index in [2.05, 4.69) is 15.0 Å². The minimum absolute atomic E-state index is 0.0405. The lowest BCUT2D eigenvalue weighted by molar-refractivity contribution is 0.102. The normalized spacial score (nSPS) is 11.1. The fourth-order valence-corrected chi connectivity index (χ4v) is 4.67. The summed E-state index contributed by atoms with van der Waals surface area (Å²) in [4.78, 5) is 16.8. The second kappa shape index (κ2) is 9.80. The second-order valence-electron chi connectivity index (χ2n) is 6.83. The van der Waals surface area contributed by atoms with Crippen molar-refractivity contribution >= 4 is 38.1 Å². The average Bonchev–Trinajstić information content (AvgIpc) is 3.31. The standard InChI is InChI=1S/C23H18FN3O4S2/c24-17-7-5-16(6-8-17)15-31-21-4-2-1-3-20(21)22(28)26-18-9-11-19(12-10-18)33(29,30)27-23-25-13-14-32-23/h1-14H,15H2,(H,25,27)(H,26,28). The van der Waals surface area contributed by atoms with Crippen molar-refractivity contribution in [1.82, 2.24) is 4.98 Å². The van der Waals surface area contributed by atoms with E-state index in [1.165, 1.54) is 53.9 Å². The van der Waals surface area contributed by atoms with Gasteiger partial charge in [0.25, 0.3) is 15.9 Å². The minimum Gasteiger partial charge on any atom is -0.488 e. The van der Waals surface area contributed by atoms with Crippen LogP contribution >= 0.6 is 11.3 Å². The molecule has 4 rings (SSSR count). The van der Waals surface area contributed by atoms with Gasteiger partial charge in [0.15, 0.2) is 5.13 Å². The number of anilines is 2. The Balaban J connectivity index is 1.43. The molecule has 1 amide bonds. The third kappa shape index (κ3) is 5.73. The summed E-state index contributed by atoms with van der Waals surface area (Å²) < 4.78 is 46.1. The minimum atomic E-state index is -3.78. The predicted octanol–water partition coefficient (Wildman–Crippen LogP) is 4.91. The Hall–Kier alpha value is -3.76. The number of carbonyl (C=O) groups excluding carboxylic acids is 1. The zero-order valence-corrected chi connectivity index (χ0v) is 18.7. The molecule has 3 aromatic carbocycles. The smallest absolute Gasteiger partial charge is 0.263 e. The maximum Gasteiger partial charge on any atom is 0.263 e. The number of hydrogen-bond donors (Lipinski definition) is 2. The van der Waals surface area contributed by atoms with Gasteiger partial charge < -0.3 is 10.1 Å². The highest BCUT2D eigenvalue weighted by atomic mass is 32.2. The van der Waals surface area contributed by atoms with E-state index in [0.717, 1.165) is 5.56 Å². The monoisotopic (exact) mass is 483 g/mol. The average molecular weight is 484 g/mol. The molecule has 0 aliphatic rings. The molecular weight excluding hydrogens is 465 g/mol. The number of hydrogen-bond acceptors (Lipinski definition) is 6. The molecule has 0 radical (unpaired) electrons. The molecule has 0 saturated carbocycles. The van der Waals surface area contributed by atoms with Crippen LogP contribution in [0.1, 0.15) is 15.9 Å². The van der Waals surface area contributed by atoms with Crippen LogP contribution in [0, 0.1) is 5.82 Å². The largest absolute Gasteiger partial charge is 0.488 e. The Morgan fingerprint density at radius 1 is 1.00 bits per heavy atom. The first-order valence-electron chi connectivity index (χ1n) is 9.71. The molecule has 168 valence electrons. The van der Waals surface area contributed by atoms with Crippen LogP contribution in [-0.2, 0) is 16.6 Å². The number of nitrogens with one attached hydrogen (secondary N) is 2. The number of nitrogens with zero attached hydrogens (tertiary/aromatic N) is 1. The lowest BCUT2D eigenvalue weighted by atomic mass is 10.1. The Kier molecular flexibility index (Phi) is 6.66. The summed E-state index contributed by atoms with van der Waals surface area (Å²) in [6.07, 6.45) is 1.50. The van der Waals surface area contributed by atoms with Crippen molar-refractivity contribution in [2.24, 2.45) is 0 Å². The van der Waals surface area contributed by atoms with E-state index >= 15 is 0 Å². The molecule has 1 heterocycles. The highest BCUT2D eigenvalue weighted by Crippen LogP contribution is 2.23. The van der Waals surface area contributed by atoms with E-state index in [4.69, 9.17) is 4.74 Å². The van der Waals surface area contributed by atoms with E-state index < -0.39 is 15.9 Å². The lowest BCUT2D eigenvalue weighted by Crippen LogP contribution is -2.15. The van der Waals surface area contributed by atoms with Crippen LogP contribution in [0.25, 0.3) is 0 Å². The number of sulfonamides is 1. The van der Waals surface area contributed by atoms with Crippen LogP contribution in [0.15, 0.2) is 89.3 Å². The van der Waals surface area contributed by atoms with Gasteiger partial charge in [-0.05, 0) is 54.1 Å². The van der Waals surface area contributed by atoms with E-state index in [1.54, 1.807) is 41.8 Å². The van der Waals surface area contributed by atoms with Crippen molar-refractivity contribution < 1.29 is 22.3 Å². The van der Waals surface area contributed by atoms with Gasteiger partial charge in [-0.2, -0.15) is 0 Å². The molecule has 0 aliphatic heterocycles. The molecule has 0 bridgehead atoms. The number of amides is 1. The highest BCUT2D eigenvalue weighted by Gasteiger charge is 2.17. The van der Waals surface area contributed by atoms with Crippen molar-refractivity contribution in [2.45, 2.75) is 11.5 Å². The molecule has 0 fully saturated rings. The van der Waals surface area contributed by atoms with Crippen molar-refractivity contribution in [2.75, 3.05) is 10.0 Å². The number of para-hydroxylation sites is 1. The molecular formula is C23H18FN3O4S2. The number of carbonyl (C=O) groups is 1. The summed E-state index contributed by atoms with van der Waals surface area (Å²) in [6, 6.07) is 18.4. The summed E-state index contributed by atoms with van der Waals surface area (Å²) in [5.41, 5.74) is 1.48. The molecule has 0 atom stereocenters. The molecule has 2 N–H and O–H groups in total. The van der Waals surface area contributed by atoms with Crippen molar-refractivity contribution in [3.8, 4) is 5.75 Å². The number of thiazole rings is 1. The summed E-state index contributed by atoms with van der Waals surface area (Å²) in [5, 5.41) is 4.67. The Morgan fingerprint density at radius 3 is 2.42 bits per heavy atom. The van der Waals surface area contributed by atoms with E-state index in [0.29, 0.717) is 17.0 Å². The maximum atomic E-state index is 13.1. The molecule has 0 spiro atoms. The highest BCUT2D eigenvalue weighted by molar-refractivity contribution is 7.93. The van der Waals surface area contributed by atoms with Gasteiger partial charge in [0, 0.05) is 17.3 Å². The summed E-state index contributed by atoms with van der Waals surface area (Å²) in [5.74, 6) is -0.385. The Morgan fingerprint density at radius 2 is 1.73 bits per heavy atom. The van der Waals surface area contributed by atoms with Gasteiger partial charge in [-0.3, -0.25) is 9.52 Å². The van der Waals surface area contributed by atoms with Crippen LogP contribution in [0.4, 0.5) is 15.2 Å². The molecule has 33 heavy (non-hydrogen) atoms. The quantitative estimate of drug-likeness (QED) is 0.371. The van der Waals surface area contributed by atoms with Gasteiger partial charge in [-0.15, -0.1) is 11.3 Å². The first-order chi connectivity index (χ1) is 15.9. The SMILES string of the molecule is O=C(Nc1ccc(S(=O)(=O)Nc2nccs2)cc1)c1ccccc1OCc1ccc(F)cc1. The molecule has 1 aromatic heterocycles. The number of aromatic nitrogens is 1. The molecule has 7 nitrogen and oxygen atoms in total. The van der Waals surface area contributed by atoms with Crippen molar-refractivity contribution in [1.29, 1.82) is 0 Å². The van der Waals surface area contributed by atoms with Gasteiger partial charge >= 0.3 is 0 Å². The summed E-state index contributed by atoms with van der Waals surface area (Å²) >= 11 is 1.17. The fraction of sp³-hybridized carbons (Fsp3) is 0.0435. The zero-order valence-electron chi connectivity index (χ0n) is 17.1. The molecule has 0 aliphatic carbocycles. The third-order valence-corrected chi connectivity index (χ3v) is 6.69. The first-order valence-corrected chi connectivity index (χ1v) is 12.1. The predicted molar refractivity (Wildman–Crippen MR) is 124 cm³/mol. The molecule has 0 unspecified atom stereocenters. The van der Waals surface area contributed by atoms with Crippen molar-refractivity contribution in [3.05, 3.63) is 101 Å². The third-order valence-electron chi connectivity index (χ3n) is 4.52. The van der Waals surface area contributed by atoms with Crippen LogP contribution < -0.4 is 14.8 Å². The molecule has 4 aromatic rings. The first kappa shape index (κ1) is 22.4. The number of halogens is 1. The Bertz CT molecular complexity index is 1340. The molecule has 0 saturated heterocycles. The van der Waals surface area contributed by atoms with E-state index in [9.17, 15) is 17.6 Å². The van der Waals surface area contributed by atoms with Gasteiger partial charge in [0.1, 0.15) is 18.2 Å². The van der Waals surface area contributed by atoms with Crippen LogP contribution in [0.3, 0.4) is 0 Å². The van der Waals surface area contributed by atoms with Crippen molar-refractivity contribution in [3.63, 3.8) is 0 Å². The summed E-state index contributed by atoms with van der Waals surface area (Å²) in [6.45, 7) is 0.170.